The first-order valence-corrected chi connectivity index (χ1v) is 4.94. The summed E-state index contributed by atoms with van der Waals surface area (Å²) in [7, 11) is 0. The average molecular weight is 219 g/mol. The van der Waals surface area contributed by atoms with Crippen molar-refractivity contribution < 1.29 is 4.79 Å². The average Bonchev–Trinajstić information content (AvgIpc) is 2.86. The molecular formula is C10H13N5O. The normalized spacial score (nSPS) is 8.88. The van der Waals surface area contributed by atoms with E-state index in [0.717, 1.165) is 0 Å². The highest BCUT2D eigenvalue weighted by Crippen LogP contribution is 2.01. The van der Waals surface area contributed by atoms with Gasteiger partial charge in [0.25, 0.3) is 5.91 Å². The summed E-state index contributed by atoms with van der Waals surface area (Å²) >= 11 is 0. The Morgan fingerprint density at radius 2 is 2.12 bits per heavy atom. The molecule has 0 unspecified atom stereocenters. The molecule has 84 valence electrons. The molecule has 2 rings (SSSR count). The second-order valence-electron chi connectivity index (χ2n) is 2.50. The topological polar surface area (TPSA) is 83.6 Å². The van der Waals surface area contributed by atoms with Gasteiger partial charge in [-0.25, -0.2) is 9.97 Å². The maximum atomic E-state index is 11.4. The summed E-state index contributed by atoms with van der Waals surface area (Å²) in [5.41, 5.74) is 0. The molecule has 0 saturated carbocycles. The van der Waals surface area contributed by atoms with Crippen molar-refractivity contribution in [3.05, 3.63) is 36.5 Å². The van der Waals surface area contributed by atoms with Crippen molar-refractivity contribution >= 4 is 11.7 Å². The van der Waals surface area contributed by atoms with Gasteiger partial charge in [0.1, 0.15) is 12.1 Å². The minimum absolute atomic E-state index is 0.163. The van der Waals surface area contributed by atoms with Crippen LogP contribution >= 0.6 is 0 Å². The fourth-order valence-corrected chi connectivity index (χ4v) is 0.927. The zero-order valence-corrected chi connectivity index (χ0v) is 9.14. The molecule has 16 heavy (non-hydrogen) atoms. The molecule has 2 aromatic rings. The zero-order valence-electron chi connectivity index (χ0n) is 9.14. The third-order valence-electron chi connectivity index (χ3n) is 1.54. The minimum atomic E-state index is -0.360. The summed E-state index contributed by atoms with van der Waals surface area (Å²) in [6.07, 6.45) is 2.86. The van der Waals surface area contributed by atoms with Crippen LogP contribution in [0.3, 0.4) is 0 Å². The Morgan fingerprint density at radius 1 is 1.31 bits per heavy atom. The van der Waals surface area contributed by atoms with E-state index in [0.29, 0.717) is 5.82 Å². The lowest BCUT2D eigenvalue weighted by Gasteiger charge is -1.99. The maximum absolute atomic E-state index is 11.4. The second kappa shape index (κ2) is 6.28. The van der Waals surface area contributed by atoms with Crippen molar-refractivity contribution in [3.8, 4) is 0 Å². The van der Waals surface area contributed by atoms with E-state index in [4.69, 9.17) is 0 Å². The molecule has 1 amide bonds. The first kappa shape index (κ1) is 11.8. The van der Waals surface area contributed by atoms with Gasteiger partial charge in [0.05, 0.1) is 0 Å². The van der Waals surface area contributed by atoms with E-state index < -0.39 is 0 Å². The first-order chi connectivity index (χ1) is 7.86. The van der Waals surface area contributed by atoms with E-state index in [1.54, 1.807) is 24.4 Å². The summed E-state index contributed by atoms with van der Waals surface area (Å²) in [6, 6.07) is 5.24. The van der Waals surface area contributed by atoms with Crippen molar-refractivity contribution in [1.82, 2.24) is 20.2 Å². The van der Waals surface area contributed by atoms with Crippen LogP contribution in [0.15, 0.2) is 30.7 Å². The molecule has 0 aromatic carbocycles. The number of nitrogens with zero attached hydrogens (tertiary/aromatic N) is 3. The minimum Gasteiger partial charge on any atom is -0.304 e. The molecule has 0 saturated heterocycles. The Labute approximate surface area is 93.1 Å². The van der Waals surface area contributed by atoms with Crippen molar-refractivity contribution in [2.75, 3.05) is 5.32 Å². The van der Waals surface area contributed by atoms with Gasteiger partial charge in [-0.05, 0) is 12.1 Å². The SMILES string of the molecule is CC.O=C(Nc1ccccn1)c1ncn[nH]1. The van der Waals surface area contributed by atoms with Gasteiger partial charge < -0.3 is 5.32 Å². The van der Waals surface area contributed by atoms with Gasteiger partial charge in [-0.2, -0.15) is 5.10 Å². The molecule has 0 atom stereocenters. The lowest BCUT2D eigenvalue weighted by molar-refractivity contribution is 0.101. The quantitative estimate of drug-likeness (QED) is 0.801. The van der Waals surface area contributed by atoms with Gasteiger partial charge in [-0.15, -0.1) is 0 Å². The predicted molar refractivity (Wildman–Crippen MR) is 59.9 cm³/mol. The molecule has 0 aliphatic carbocycles. The number of hydrogen-bond acceptors (Lipinski definition) is 4. The molecule has 0 fully saturated rings. The Balaban J connectivity index is 0.000000606. The third-order valence-corrected chi connectivity index (χ3v) is 1.54. The molecule has 0 spiro atoms. The van der Waals surface area contributed by atoms with Crippen molar-refractivity contribution in [1.29, 1.82) is 0 Å². The van der Waals surface area contributed by atoms with E-state index in [1.165, 1.54) is 6.33 Å². The van der Waals surface area contributed by atoms with Crippen LogP contribution in [-0.2, 0) is 0 Å². The number of aromatic amines is 1. The number of H-pyrrole nitrogens is 1. The van der Waals surface area contributed by atoms with Gasteiger partial charge in [-0.1, -0.05) is 19.9 Å². The standard InChI is InChI=1S/C8H7N5O.C2H6/c14-8(7-10-5-11-13-7)12-6-3-1-2-4-9-6;1-2/h1-5H,(H,9,12,14)(H,10,11,13);1-2H3. The van der Waals surface area contributed by atoms with Crippen LogP contribution in [0.2, 0.25) is 0 Å². The third kappa shape index (κ3) is 3.16. The number of rotatable bonds is 2. The number of anilines is 1. The fourth-order valence-electron chi connectivity index (χ4n) is 0.927. The number of aromatic nitrogens is 4. The summed E-state index contributed by atoms with van der Waals surface area (Å²) in [4.78, 5) is 19.0. The number of hydrogen-bond donors (Lipinski definition) is 2. The van der Waals surface area contributed by atoms with Crippen molar-refractivity contribution in [2.45, 2.75) is 13.8 Å². The molecule has 0 bridgehead atoms. The Bertz CT molecular complexity index is 412. The number of carbonyl (C=O) groups is 1. The van der Waals surface area contributed by atoms with Crippen LogP contribution in [0.5, 0.6) is 0 Å². The lowest BCUT2D eigenvalue weighted by atomic mass is 10.4. The van der Waals surface area contributed by atoms with Crippen LogP contribution in [0.4, 0.5) is 5.82 Å². The van der Waals surface area contributed by atoms with E-state index in [-0.39, 0.29) is 11.7 Å². The van der Waals surface area contributed by atoms with Crippen LogP contribution in [-0.4, -0.2) is 26.1 Å². The molecular weight excluding hydrogens is 206 g/mol. The summed E-state index contributed by atoms with van der Waals surface area (Å²) in [5, 5.41) is 8.58. The van der Waals surface area contributed by atoms with Gasteiger partial charge >= 0.3 is 0 Å². The summed E-state index contributed by atoms with van der Waals surface area (Å²) < 4.78 is 0. The summed E-state index contributed by atoms with van der Waals surface area (Å²) in [5.74, 6) is 0.283. The molecule has 6 heteroatoms. The zero-order chi connectivity index (χ0) is 11.8. The Morgan fingerprint density at radius 3 is 2.69 bits per heavy atom. The van der Waals surface area contributed by atoms with Gasteiger partial charge in [-0.3, -0.25) is 9.89 Å². The molecule has 2 N–H and O–H groups in total. The van der Waals surface area contributed by atoms with E-state index in [9.17, 15) is 4.79 Å². The molecule has 6 nitrogen and oxygen atoms in total. The second-order valence-corrected chi connectivity index (χ2v) is 2.50. The molecule has 2 heterocycles. The highest BCUT2D eigenvalue weighted by atomic mass is 16.2. The monoisotopic (exact) mass is 219 g/mol. The largest absolute Gasteiger partial charge is 0.304 e. The Kier molecular flexibility index (Phi) is 4.65. The maximum Gasteiger partial charge on any atom is 0.294 e. The van der Waals surface area contributed by atoms with Crippen LogP contribution < -0.4 is 5.32 Å². The molecule has 0 aliphatic heterocycles. The van der Waals surface area contributed by atoms with Crippen molar-refractivity contribution in [3.63, 3.8) is 0 Å². The van der Waals surface area contributed by atoms with E-state index in [1.807, 2.05) is 13.8 Å². The molecule has 0 aliphatic rings. The van der Waals surface area contributed by atoms with Gasteiger partial charge in [0, 0.05) is 6.20 Å². The van der Waals surface area contributed by atoms with Crippen molar-refractivity contribution in [2.24, 2.45) is 0 Å². The van der Waals surface area contributed by atoms with E-state index >= 15 is 0 Å². The number of carbonyl (C=O) groups excluding carboxylic acids is 1. The fraction of sp³-hybridized carbons (Fsp3) is 0.200. The molecule has 0 radical (unpaired) electrons. The smallest absolute Gasteiger partial charge is 0.294 e. The lowest BCUT2D eigenvalue weighted by Crippen LogP contribution is -2.14. The predicted octanol–water partition coefficient (Wildman–Crippen LogP) is 1.48. The number of amides is 1. The first-order valence-electron chi connectivity index (χ1n) is 4.94. The highest BCUT2D eigenvalue weighted by molar-refractivity contribution is 6.00. The Hall–Kier alpha value is -2.24. The van der Waals surface area contributed by atoms with Crippen LogP contribution in [0, 0.1) is 0 Å². The van der Waals surface area contributed by atoms with Crippen LogP contribution in [0.25, 0.3) is 0 Å². The van der Waals surface area contributed by atoms with Gasteiger partial charge in [0.2, 0.25) is 5.82 Å². The molecule has 2 aromatic heterocycles. The van der Waals surface area contributed by atoms with E-state index in [2.05, 4.69) is 25.5 Å². The van der Waals surface area contributed by atoms with Crippen LogP contribution in [0.1, 0.15) is 24.5 Å². The summed E-state index contributed by atoms with van der Waals surface area (Å²) in [6.45, 7) is 4.00. The highest BCUT2D eigenvalue weighted by Gasteiger charge is 2.08. The van der Waals surface area contributed by atoms with Gasteiger partial charge in [0.15, 0.2) is 0 Å². The number of nitrogens with one attached hydrogen (secondary N) is 2. The number of pyridine rings is 1.